The smallest absolute Gasteiger partial charge is 0.226 e. The van der Waals surface area contributed by atoms with E-state index in [1.807, 2.05) is 31.2 Å². The predicted octanol–water partition coefficient (Wildman–Crippen LogP) is 3.91. The summed E-state index contributed by atoms with van der Waals surface area (Å²) in [5.74, 6) is 1.18. The van der Waals surface area contributed by atoms with Crippen molar-refractivity contribution in [2.75, 3.05) is 26.1 Å². The van der Waals surface area contributed by atoms with Gasteiger partial charge in [-0.3, -0.25) is 4.79 Å². The van der Waals surface area contributed by atoms with Crippen molar-refractivity contribution in [3.8, 4) is 11.5 Å². The molecular weight excluding hydrogens is 352 g/mol. The Morgan fingerprint density at radius 3 is 2.50 bits per heavy atom. The van der Waals surface area contributed by atoms with Gasteiger partial charge in [-0.25, -0.2) is 0 Å². The zero-order chi connectivity index (χ0) is 18.9. The molecular formula is C20H25ClN2O3. The number of nitrogens with one attached hydrogen (secondary N) is 2. The summed E-state index contributed by atoms with van der Waals surface area (Å²) < 4.78 is 10.5. The fraction of sp³-hybridized carbons (Fsp3) is 0.350. The largest absolute Gasteiger partial charge is 0.497 e. The van der Waals surface area contributed by atoms with Gasteiger partial charge in [0, 0.05) is 23.6 Å². The molecule has 140 valence electrons. The molecule has 6 heteroatoms. The number of amides is 1. The predicted molar refractivity (Wildman–Crippen MR) is 105 cm³/mol. The van der Waals surface area contributed by atoms with Gasteiger partial charge in [-0.2, -0.15) is 0 Å². The van der Waals surface area contributed by atoms with Crippen LogP contribution >= 0.6 is 11.6 Å². The van der Waals surface area contributed by atoms with Gasteiger partial charge in [0.15, 0.2) is 0 Å². The minimum absolute atomic E-state index is 0.0545. The Labute approximate surface area is 159 Å². The SMILES string of the molecule is COc1ccc(OC)c(NC(=O)CC(C)NCCc2ccc(Cl)cc2)c1. The minimum Gasteiger partial charge on any atom is -0.497 e. The topological polar surface area (TPSA) is 59.6 Å². The van der Waals surface area contributed by atoms with E-state index in [-0.39, 0.29) is 11.9 Å². The van der Waals surface area contributed by atoms with Crippen molar-refractivity contribution in [2.24, 2.45) is 0 Å². The normalized spacial score (nSPS) is 11.7. The highest BCUT2D eigenvalue weighted by atomic mass is 35.5. The maximum absolute atomic E-state index is 12.3. The Hall–Kier alpha value is -2.24. The molecule has 0 heterocycles. The molecule has 0 aromatic heterocycles. The second-order valence-electron chi connectivity index (χ2n) is 6.05. The first-order chi connectivity index (χ1) is 12.5. The molecule has 26 heavy (non-hydrogen) atoms. The summed E-state index contributed by atoms with van der Waals surface area (Å²) in [7, 11) is 3.15. The zero-order valence-corrected chi connectivity index (χ0v) is 16.1. The number of methoxy groups -OCH3 is 2. The second-order valence-corrected chi connectivity index (χ2v) is 6.49. The first kappa shape index (κ1) is 20.1. The van der Waals surface area contributed by atoms with Crippen LogP contribution in [0.2, 0.25) is 5.02 Å². The first-order valence-corrected chi connectivity index (χ1v) is 8.89. The van der Waals surface area contributed by atoms with Gasteiger partial charge in [0.1, 0.15) is 11.5 Å². The van der Waals surface area contributed by atoms with E-state index in [4.69, 9.17) is 21.1 Å². The Morgan fingerprint density at radius 2 is 1.85 bits per heavy atom. The van der Waals surface area contributed by atoms with Crippen molar-refractivity contribution in [2.45, 2.75) is 25.8 Å². The van der Waals surface area contributed by atoms with Gasteiger partial charge in [0.2, 0.25) is 5.91 Å². The van der Waals surface area contributed by atoms with E-state index in [0.29, 0.717) is 23.6 Å². The summed E-state index contributed by atoms with van der Waals surface area (Å²) in [5.41, 5.74) is 1.81. The van der Waals surface area contributed by atoms with E-state index < -0.39 is 0 Å². The van der Waals surface area contributed by atoms with Gasteiger partial charge in [0.05, 0.1) is 19.9 Å². The van der Waals surface area contributed by atoms with E-state index in [1.165, 1.54) is 5.56 Å². The molecule has 2 N–H and O–H groups in total. The summed E-state index contributed by atoms with van der Waals surface area (Å²) in [6.07, 6.45) is 1.24. The summed E-state index contributed by atoms with van der Waals surface area (Å²) in [5, 5.41) is 6.98. The van der Waals surface area contributed by atoms with E-state index in [9.17, 15) is 4.79 Å². The third kappa shape index (κ3) is 6.24. The molecule has 0 saturated carbocycles. The molecule has 0 spiro atoms. The van der Waals surface area contributed by atoms with Gasteiger partial charge in [0.25, 0.3) is 0 Å². The van der Waals surface area contributed by atoms with Gasteiger partial charge in [-0.1, -0.05) is 23.7 Å². The molecule has 2 rings (SSSR count). The van der Waals surface area contributed by atoms with Crippen LogP contribution in [0.4, 0.5) is 5.69 Å². The molecule has 0 aliphatic rings. The lowest BCUT2D eigenvalue weighted by atomic mass is 10.1. The van der Waals surface area contributed by atoms with Crippen LogP contribution in [-0.2, 0) is 11.2 Å². The molecule has 1 atom stereocenters. The molecule has 1 unspecified atom stereocenters. The van der Waals surface area contributed by atoms with E-state index in [0.717, 1.165) is 18.0 Å². The molecule has 0 saturated heterocycles. The van der Waals surface area contributed by atoms with Crippen LogP contribution in [0.1, 0.15) is 18.9 Å². The number of rotatable bonds is 9. The lowest BCUT2D eigenvalue weighted by Crippen LogP contribution is -2.32. The molecule has 0 radical (unpaired) electrons. The summed E-state index contributed by atoms with van der Waals surface area (Å²) in [6, 6.07) is 13.1. The van der Waals surface area contributed by atoms with Crippen molar-refractivity contribution >= 4 is 23.2 Å². The molecule has 0 bridgehead atoms. The Kier molecular flexibility index (Phi) is 7.75. The molecule has 5 nitrogen and oxygen atoms in total. The minimum atomic E-state index is -0.0805. The standard InChI is InChI=1S/C20H25ClN2O3/c1-14(22-11-10-15-4-6-16(21)7-5-15)12-20(24)23-18-13-17(25-2)8-9-19(18)26-3/h4-9,13-14,22H,10-12H2,1-3H3,(H,23,24). The average Bonchev–Trinajstić information content (AvgIpc) is 2.63. The van der Waals surface area contributed by atoms with Crippen molar-refractivity contribution in [3.05, 3.63) is 53.1 Å². The van der Waals surface area contributed by atoms with Crippen molar-refractivity contribution < 1.29 is 14.3 Å². The van der Waals surface area contributed by atoms with Crippen molar-refractivity contribution in [1.29, 1.82) is 0 Å². The number of hydrogen-bond acceptors (Lipinski definition) is 4. The number of carbonyl (C=O) groups is 1. The van der Waals surface area contributed by atoms with E-state index in [2.05, 4.69) is 10.6 Å². The number of benzene rings is 2. The van der Waals surface area contributed by atoms with Crippen LogP contribution in [0, 0.1) is 0 Å². The second kappa shape index (κ2) is 10.0. The Bertz CT molecular complexity index is 719. The van der Waals surface area contributed by atoms with Gasteiger partial charge in [-0.05, 0) is 49.7 Å². The highest BCUT2D eigenvalue weighted by Gasteiger charge is 2.12. The van der Waals surface area contributed by atoms with Crippen molar-refractivity contribution in [1.82, 2.24) is 5.32 Å². The number of halogens is 1. The zero-order valence-electron chi connectivity index (χ0n) is 15.3. The van der Waals surface area contributed by atoms with Crippen LogP contribution in [0.25, 0.3) is 0 Å². The molecule has 2 aromatic carbocycles. The third-order valence-electron chi connectivity index (χ3n) is 3.99. The Morgan fingerprint density at radius 1 is 1.12 bits per heavy atom. The number of carbonyl (C=O) groups excluding carboxylic acids is 1. The molecule has 2 aromatic rings. The summed E-state index contributed by atoms with van der Waals surface area (Å²) in [4.78, 5) is 12.3. The maximum atomic E-state index is 12.3. The maximum Gasteiger partial charge on any atom is 0.226 e. The highest BCUT2D eigenvalue weighted by Crippen LogP contribution is 2.29. The lowest BCUT2D eigenvalue weighted by Gasteiger charge is -2.15. The van der Waals surface area contributed by atoms with Gasteiger partial charge < -0.3 is 20.1 Å². The molecule has 0 fully saturated rings. The highest BCUT2D eigenvalue weighted by molar-refractivity contribution is 6.30. The van der Waals surface area contributed by atoms with E-state index >= 15 is 0 Å². The molecule has 0 aliphatic carbocycles. The van der Waals surface area contributed by atoms with Crippen molar-refractivity contribution in [3.63, 3.8) is 0 Å². The van der Waals surface area contributed by atoms with Crippen LogP contribution in [-0.4, -0.2) is 32.7 Å². The van der Waals surface area contributed by atoms with E-state index in [1.54, 1.807) is 32.4 Å². The average molecular weight is 377 g/mol. The number of ether oxygens (including phenoxy) is 2. The van der Waals surface area contributed by atoms with Crippen LogP contribution in [0.3, 0.4) is 0 Å². The molecule has 0 aliphatic heterocycles. The van der Waals surface area contributed by atoms with Crippen LogP contribution < -0.4 is 20.1 Å². The summed E-state index contributed by atoms with van der Waals surface area (Å²) >= 11 is 5.88. The van der Waals surface area contributed by atoms with Gasteiger partial charge >= 0.3 is 0 Å². The summed E-state index contributed by atoms with van der Waals surface area (Å²) in [6.45, 7) is 2.78. The third-order valence-corrected chi connectivity index (χ3v) is 4.24. The monoisotopic (exact) mass is 376 g/mol. The van der Waals surface area contributed by atoms with Crippen LogP contribution in [0.5, 0.6) is 11.5 Å². The van der Waals surface area contributed by atoms with Gasteiger partial charge in [-0.15, -0.1) is 0 Å². The number of hydrogen-bond donors (Lipinski definition) is 2. The first-order valence-electron chi connectivity index (χ1n) is 8.51. The lowest BCUT2D eigenvalue weighted by molar-refractivity contribution is -0.116. The Balaban J connectivity index is 1.80. The number of anilines is 1. The quantitative estimate of drug-likeness (QED) is 0.696. The fourth-order valence-electron chi connectivity index (χ4n) is 2.58. The fourth-order valence-corrected chi connectivity index (χ4v) is 2.70. The van der Waals surface area contributed by atoms with Crippen LogP contribution in [0.15, 0.2) is 42.5 Å². The molecule has 1 amide bonds.